The summed E-state index contributed by atoms with van der Waals surface area (Å²) in [6.07, 6.45) is 3.16. The molecule has 3 aliphatic rings. The van der Waals surface area contributed by atoms with Gasteiger partial charge in [0.1, 0.15) is 6.04 Å². The second-order valence-electron chi connectivity index (χ2n) is 6.54. The van der Waals surface area contributed by atoms with Gasteiger partial charge in [-0.2, -0.15) is 0 Å². The summed E-state index contributed by atoms with van der Waals surface area (Å²) < 4.78 is 0. The van der Waals surface area contributed by atoms with Crippen molar-refractivity contribution >= 4 is 17.7 Å². The van der Waals surface area contributed by atoms with Crippen molar-refractivity contribution in [3.05, 3.63) is 34.4 Å². The zero-order chi connectivity index (χ0) is 15.4. The number of hydrogen-bond donors (Lipinski definition) is 1. The molecule has 0 spiro atoms. The van der Waals surface area contributed by atoms with Crippen molar-refractivity contribution in [3.8, 4) is 0 Å². The Morgan fingerprint density at radius 3 is 2.59 bits per heavy atom. The first kappa shape index (κ1) is 13.5. The summed E-state index contributed by atoms with van der Waals surface area (Å²) in [6.45, 7) is 2.52. The largest absolute Gasteiger partial charge is 0.322 e. The van der Waals surface area contributed by atoms with Crippen molar-refractivity contribution in [3.63, 3.8) is 0 Å². The SMILES string of the molecule is Cc1cc2c(cc1C1CC1)CN(C1CCC(=O)NC1=O)C2=O. The molecule has 22 heavy (non-hydrogen) atoms. The van der Waals surface area contributed by atoms with Crippen LogP contribution in [0.1, 0.15) is 58.6 Å². The molecule has 1 unspecified atom stereocenters. The highest BCUT2D eigenvalue weighted by Crippen LogP contribution is 2.43. The summed E-state index contributed by atoms with van der Waals surface area (Å²) in [7, 11) is 0. The number of rotatable bonds is 2. The van der Waals surface area contributed by atoms with Crippen molar-refractivity contribution < 1.29 is 14.4 Å². The van der Waals surface area contributed by atoms with E-state index in [1.165, 1.54) is 24.0 Å². The third-order valence-corrected chi connectivity index (χ3v) is 4.93. The highest BCUT2D eigenvalue weighted by atomic mass is 16.2. The van der Waals surface area contributed by atoms with E-state index in [1.807, 2.05) is 6.07 Å². The van der Waals surface area contributed by atoms with E-state index in [-0.39, 0.29) is 17.7 Å². The molecule has 0 aromatic heterocycles. The molecule has 2 heterocycles. The van der Waals surface area contributed by atoms with Crippen LogP contribution in [0.2, 0.25) is 0 Å². The van der Waals surface area contributed by atoms with Gasteiger partial charge in [0.05, 0.1) is 0 Å². The van der Waals surface area contributed by atoms with Crippen LogP contribution in [0.15, 0.2) is 12.1 Å². The molecule has 114 valence electrons. The number of carbonyl (C=O) groups excluding carboxylic acids is 3. The highest BCUT2D eigenvalue weighted by Gasteiger charge is 2.39. The molecule has 0 radical (unpaired) electrons. The number of amides is 3. The Morgan fingerprint density at radius 2 is 1.91 bits per heavy atom. The maximum Gasteiger partial charge on any atom is 0.255 e. The highest BCUT2D eigenvalue weighted by molar-refractivity contribution is 6.05. The summed E-state index contributed by atoms with van der Waals surface area (Å²) in [4.78, 5) is 37.5. The maximum absolute atomic E-state index is 12.6. The molecule has 5 heteroatoms. The smallest absolute Gasteiger partial charge is 0.255 e. The number of carbonyl (C=O) groups is 3. The van der Waals surface area contributed by atoms with E-state index in [4.69, 9.17) is 0 Å². The first-order valence-corrected chi connectivity index (χ1v) is 7.82. The molecule has 3 amide bonds. The lowest BCUT2D eigenvalue weighted by Crippen LogP contribution is -2.52. The van der Waals surface area contributed by atoms with Crippen LogP contribution in [0.4, 0.5) is 0 Å². The quantitative estimate of drug-likeness (QED) is 0.844. The lowest BCUT2D eigenvalue weighted by atomic mass is 9.98. The fourth-order valence-electron chi connectivity index (χ4n) is 3.58. The third kappa shape index (κ3) is 2.03. The van der Waals surface area contributed by atoms with Gasteiger partial charge >= 0.3 is 0 Å². The number of imide groups is 1. The minimum Gasteiger partial charge on any atom is -0.322 e. The van der Waals surface area contributed by atoms with Gasteiger partial charge in [-0.05, 0) is 54.9 Å². The van der Waals surface area contributed by atoms with Gasteiger partial charge in [0.15, 0.2) is 0 Å². The standard InChI is InChI=1S/C17H18N2O3/c1-9-6-13-11(7-12(9)10-2-3-10)8-19(17(13)22)14-4-5-15(20)18-16(14)21/h6-7,10,14H,2-5,8H2,1H3,(H,18,20,21). The van der Waals surface area contributed by atoms with E-state index in [0.29, 0.717) is 30.9 Å². The van der Waals surface area contributed by atoms with Crippen molar-refractivity contribution in [2.24, 2.45) is 0 Å². The van der Waals surface area contributed by atoms with Crippen molar-refractivity contribution in [1.82, 2.24) is 10.2 Å². The van der Waals surface area contributed by atoms with E-state index < -0.39 is 6.04 Å². The number of fused-ring (bicyclic) bond motifs is 1. The number of nitrogens with one attached hydrogen (secondary N) is 1. The van der Waals surface area contributed by atoms with Gasteiger partial charge in [-0.1, -0.05) is 6.07 Å². The van der Waals surface area contributed by atoms with Crippen LogP contribution in [-0.2, 0) is 16.1 Å². The van der Waals surface area contributed by atoms with Crippen molar-refractivity contribution in [2.75, 3.05) is 0 Å². The van der Waals surface area contributed by atoms with Gasteiger partial charge in [-0.3, -0.25) is 19.7 Å². The Labute approximate surface area is 128 Å². The molecule has 1 atom stereocenters. The number of nitrogens with zero attached hydrogens (tertiary/aromatic N) is 1. The normalized spacial score (nSPS) is 24.5. The van der Waals surface area contributed by atoms with Gasteiger partial charge in [0.25, 0.3) is 5.91 Å². The summed E-state index contributed by atoms with van der Waals surface area (Å²) in [6, 6.07) is 3.59. The molecule has 1 aliphatic carbocycles. The molecule has 1 aromatic rings. The van der Waals surface area contributed by atoms with E-state index >= 15 is 0 Å². The van der Waals surface area contributed by atoms with E-state index in [1.54, 1.807) is 4.90 Å². The van der Waals surface area contributed by atoms with Crippen LogP contribution in [0.25, 0.3) is 0 Å². The Kier molecular flexibility index (Phi) is 2.86. The Bertz CT molecular complexity index is 706. The second-order valence-corrected chi connectivity index (χ2v) is 6.54. The summed E-state index contributed by atoms with van der Waals surface area (Å²) >= 11 is 0. The van der Waals surface area contributed by atoms with E-state index in [2.05, 4.69) is 18.3 Å². The second kappa shape index (κ2) is 4.66. The van der Waals surface area contributed by atoms with Crippen LogP contribution in [-0.4, -0.2) is 28.7 Å². The minimum atomic E-state index is -0.526. The molecule has 1 saturated heterocycles. The first-order chi connectivity index (χ1) is 10.5. The van der Waals surface area contributed by atoms with Gasteiger partial charge in [0, 0.05) is 18.5 Å². The van der Waals surface area contributed by atoms with Crippen LogP contribution in [0, 0.1) is 6.92 Å². The van der Waals surface area contributed by atoms with Crippen LogP contribution < -0.4 is 5.32 Å². The predicted octanol–water partition coefficient (Wildman–Crippen LogP) is 1.63. The van der Waals surface area contributed by atoms with Gasteiger partial charge in [0.2, 0.25) is 11.8 Å². The minimum absolute atomic E-state index is 0.0880. The molecule has 1 aromatic carbocycles. The molecule has 0 bridgehead atoms. The Morgan fingerprint density at radius 1 is 1.14 bits per heavy atom. The summed E-state index contributed by atoms with van der Waals surface area (Å²) in [5.41, 5.74) is 4.24. The summed E-state index contributed by atoms with van der Waals surface area (Å²) in [5, 5.41) is 2.33. The lowest BCUT2D eigenvalue weighted by Gasteiger charge is -2.29. The summed E-state index contributed by atoms with van der Waals surface area (Å²) in [5.74, 6) is -0.0474. The number of benzene rings is 1. The lowest BCUT2D eigenvalue weighted by molar-refractivity contribution is -0.136. The Hall–Kier alpha value is -2.17. The van der Waals surface area contributed by atoms with E-state index in [0.717, 1.165) is 5.56 Å². The number of hydrogen-bond acceptors (Lipinski definition) is 3. The molecule has 5 nitrogen and oxygen atoms in total. The molecule has 2 aliphatic heterocycles. The fourth-order valence-corrected chi connectivity index (χ4v) is 3.58. The van der Waals surface area contributed by atoms with Crippen LogP contribution in [0.5, 0.6) is 0 Å². The first-order valence-electron chi connectivity index (χ1n) is 7.82. The van der Waals surface area contributed by atoms with E-state index in [9.17, 15) is 14.4 Å². The number of piperidine rings is 1. The number of aryl methyl sites for hydroxylation is 1. The maximum atomic E-state index is 12.6. The predicted molar refractivity (Wildman–Crippen MR) is 79.2 cm³/mol. The zero-order valence-electron chi connectivity index (χ0n) is 12.5. The monoisotopic (exact) mass is 298 g/mol. The van der Waals surface area contributed by atoms with Gasteiger partial charge in [-0.15, -0.1) is 0 Å². The van der Waals surface area contributed by atoms with Crippen molar-refractivity contribution in [2.45, 2.75) is 51.1 Å². The molecule has 2 fully saturated rings. The average Bonchev–Trinajstić information content (AvgIpc) is 3.26. The average molecular weight is 298 g/mol. The van der Waals surface area contributed by atoms with Gasteiger partial charge < -0.3 is 4.90 Å². The molecular formula is C17H18N2O3. The van der Waals surface area contributed by atoms with Gasteiger partial charge in [-0.25, -0.2) is 0 Å². The van der Waals surface area contributed by atoms with Crippen molar-refractivity contribution in [1.29, 1.82) is 0 Å². The third-order valence-electron chi connectivity index (χ3n) is 4.93. The fraction of sp³-hybridized carbons (Fsp3) is 0.471. The molecular weight excluding hydrogens is 280 g/mol. The molecule has 1 saturated carbocycles. The zero-order valence-corrected chi connectivity index (χ0v) is 12.5. The van der Waals surface area contributed by atoms with Crippen LogP contribution >= 0.6 is 0 Å². The topological polar surface area (TPSA) is 66.5 Å². The van der Waals surface area contributed by atoms with Crippen LogP contribution in [0.3, 0.4) is 0 Å². The molecule has 4 rings (SSSR count). The Balaban J connectivity index is 1.64. The molecule has 1 N–H and O–H groups in total.